The van der Waals surface area contributed by atoms with Gasteiger partial charge >= 0.3 is 0 Å². The van der Waals surface area contributed by atoms with Crippen LogP contribution >= 0.6 is 23.4 Å². The summed E-state index contributed by atoms with van der Waals surface area (Å²) in [5.41, 5.74) is 0.988. The number of nitrogens with one attached hydrogen (secondary N) is 1. The second-order valence-electron chi connectivity index (χ2n) is 3.60. The molecule has 1 heterocycles. The normalized spacial score (nSPS) is 17.9. The van der Waals surface area contributed by atoms with E-state index in [0.29, 0.717) is 9.77 Å². The molecule has 1 saturated carbocycles. The highest BCUT2D eigenvalue weighted by Crippen LogP contribution is 2.47. The van der Waals surface area contributed by atoms with Crippen LogP contribution in [0.3, 0.4) is 0 Å². The molecule has 2 nitrogen and oxygen atoms in total. The molecule has 1 aliphatic carbocycles. The van der Waals surface area contributed by atoms with Crippen molar-refractivity contribution in [2.45, 2.75) is 17.6 Å². The number of hydrogen-bond donors (Lipinski definition) is 1. The molecule has 1 aliphatic rings. The largest absolute Gasteiger partial charge is 0.382 e. The molecule has 0 unspecified atom stereocenters. The van der Waals surface area contributed by atoms with Crippen LogP contribution in [-0.2, 0) is 0 Å². The highest BCUT2D eigenvalue weighted by molar-refractivity contribution is 8.00. The second kappa shape index (κ2) is 3.99. The molecule has 1 fully saturated rings. The van der Waals surface area contributed by atoms with Crippen LogP contribution in [0.2, 0.25) is 5.02 Å². The minimum Gasteiger partial charge on any atom is -0.382 e. The SMILES string of the molecule is CSC1(CNc2ccncc2Cl)CC1. The van der Waals surface area contributed by atoms with E-state index in [0.717, 1.165) is 12.2 Å². The predicted molar refractivity (Wildman–Crippen MR) is 63.2 cm³/mol. The quantitative estimate of drug-likeness (QED) is 0.858. The standard InChI is InChI=1S/C10H13ClN2S/c1-14-10(3-4-10)7-13-9-2-5-12-6-8(9)11/h2,5-6H,3-4,7H2,1H3,(H,12,13). The number of nitrogens with zero attached hydrogens (tertiary/aromatic N) is 1. The summed E-state index contributed by atoms with van der Waals surface area (Å²) in [5, 5.41) is 4.07. The van der Waals surface area contributed by atoms with Gasteiger partial charge in [0.15, 0.2) is 0 Å². The fraction of sp³-hybridized carbons (Fsp3) is 0.500. The van der Waals surface area contributed by atoms with E-state index in [1.807, 2.05) is 17.8 Å². The highest BCUT2D eigenvalue weighted by atomic mass is 35.5. The third kappa shape index (κ3) is 2.15. The van der Waals surface area contributed by atoms with Gasteiger partial charge in [-0.05, 0) is 25.2 Å². The number of pyridine rings is 1. The first kappa shape index (κ1) is 10.1. The number of rotatable bonds is 4. The highest BCUT2D eigenvalue weighted by Gasteiger charge is 2.41. The van der Waals surface area contributed by atoms with Crippen molar-refractivity contribution in [3.8, 4) is 0 Å². The van der Waals surface area contributed by atoms with Crippen molar-refractivity contribution in [2.75, 3.05) is 18.1 Å². The zero-order chi connectivity index (χ0) is 10.0. The molecule has 1 aromatic rings. The number of aromatic nitrogens is 1. The molecule has 0 aromatic carbocycles. The lowest BCUT2D eigenvalue weighted by Crippen LogP contribution is -2.17. The Labute approximate surface area is 93.4 Å². The van der Waals surface area contributed by atoms with Crippen molar-refractivity contribution in [1.82, 2.24) is 4.98 Å². The van der Waals surface area contributed by atoms with Gasteiger partial charge in [0.2, 0.25) is 0 Å². The Kier molecular flexibility index (Phi) is 2.88. The van der Waals surface area contributed by atoms with E-state index in [-0.39, 0.29) is 0 Å². The first-order valence-corrected chi connectivity index (χ1v) is 6.25. The molecule has 0 aliphatic heterocycles. The number of anilines is 1. The lowest BCUT2D eigenvalue weighted by atomic mass is 10.3. The smallest absolute Gasteiger partial charge is 0.0820 e. The van der Waals surface area contributed by atoms with Crippen LogP contribution in [-0.4, -0.2) is 22.5 Å². The Balaban J connectivity index is 1.95. The van der Waals surface area contributed by atoms with Crippen molar-refractivity contribution in [2.24, 2.45) is 0 Å². The van der Waals surface area contributed by atoms with Crippen LogP contribution in [0.4, 0.5) is 5.69 Å². The van der Waals surface area contributed by atoms with E-state index in [9.17, 15) is 0 Å². The summed E-state index contributed by atoms with van der Waals surface area (Å²) < 4.78 is 0.465. The Morgan fingerprint density at radius 3 is 3.00 bits per heavy atom. The second-order valence-corrected chi connectivity index (χ2v) is 5.28. The maximum Gasteiger partial charge on any atom is 0.0820 e. The Morgan fingerprint density at radius 2 is 2.43 bits per heavy atom. The topological polar surface area (TPSA) is 24.9 Å². The summed E-state index contributed by atoms with van der Waals surface area (Å²) in [6.45, 7) is 0.998. The van der Waals surface area contributed by atoms with Crippen molar-refractivity contribution >= 4 is 29.1 Å². The minimum atomic E-state index is 0.465. The summed E-state index contributed by atoms with van der Waals surface area (Å²) in [7, 11) is 0. The molecule has 0 saturated heterocycles. The van der Waals surface area contributed by atoms with E-state index in [2.05, 4.69) is 16.6 Å². The molecular formula is C10H13ClN2S. The monoisotopic (exact) mass is 228 g/mol. The number of halogens is 1. The Hall–Kier alpha value is -0.410. The molecule has 1 aromatic heterocycles. The molecular weight excluding hydrogens is 216 g/mol. The van der Waals surface area contributed by atoms with Crippen molar-refractivity contribution < 1.29 is 0 Å². The molecule has 0 bridgehead atoms. The van der Waals surface area contributed by atoms with Crippen LogP contribution in [0.25, 0.3) is 0 Å². The number of thioether (sulfide) groups is 1. The molecule has 76 valence electrons. The fourth-order valence-electron chi connectivity index (χ4n) is 1.37. The molecule has 0 spiro atoms. The summed E-state index contributed by atoms with van der Waals surface area (Å²) in [6.07, 6.45) is 8.21. The van der Waals surface area contributed by atoms with Crippen LogP contribution in [0.5, 0.6) is 0 Å². The molecule has 0 atom stereocenters. The summed E-state index contributed by atoms with van der Waals surface area (Å²) in [4.78, 5) is 3.95. The first-order chi connectivity index (χ1) is 6.76. The van der Waals surface area contributed by atoms with Crippen molar-refractivity contribution in [3.05, 3.63) is 23.5 Å². The molecule has 4 heteroatoms. The predicted octanol–water partition coefficient (Wildman–Crippen LogP) is 3.04. The summed E-state index contributed by atoms with van der Waals surface area (Å²) >= 11 is 7.93. The van der Waals surface area contributed by atoms with Gasteiger partial charge in [-0.1, -0.05) is 11.6 Å². The minimum absolute atomic E-state index is 0.465. The average molecular weight is 229 g/mol. The Bertz CT molecular complexity index is 326. The van der Waals surface area contributed by atoms with Gasteiger partial charge in [-0.2, -0.15) is 11.8 Å². The van der Waals surface area contributed by atoms with Gasteiger partial charge in [0, 0.05) is 23.7 Å². The van der Waals surface area contributed by atoms with E-state index in [4.69, 9.17) is 11.6 Å². The lowest BCUT2D eigenvalue weighted by Gasteiger charge is -2.14. The van der Waals surface area contributed by atoms with Gasteiger partial charge in [0.05, 0.1) is 10.7 Å². The maximum atomic E-state index is 5.98. The number of hydrogen-bond acceptors (Lipinski definition) is 3. The van der Waals surface area contributed by atoms with Crippen LogP contribution in [0.15, 0.2) is 18.5 Å². The van der Waals surface area contributed by atoms with Gasteiger partial charge in [-0.15, -0.1) is 0 Å². The van der Waals surface area contributed by atoms with Gasteiger partial charge in [0.25, 0.3) is 0 Å². The van der Waals surface area contributed by atoms with Crippen LogP contribution < -0.4 is 5.32 Å². The molecule has 2 rings (SSSR count). The van der Waals surface area contributed by atoms with E-state index >= 15 is 0 Å². The van der Waals surface area contributed by atoms with Gasteiger partial charge in [0.1, 0.15) is 0 Å². The maximum absolute atomic E-state index is 5.98. The van der Waals surface area contributed by atoms with E-state index in [1.165, 1.54) is 12.8 Å². The average Bonchev–Trinajstić information content (AvgIpc) is 2.98. The Morgan fingerprint density at radius 1 is 1.64 bits per heavy atom. The van der Waals surface area contributed by atoms with Gasteiger partial charge < -0.3 is 5.32 Å². The van der Waals surface area contributed by atoms with Crippen molar-refractivity contribution in [3.63, 3.8) is 0 Å². The third-order valence-corrected chi connectivity index (χ3v) is 4.33. The fourth-order valence-corrected chi connectivity index (χ4v) is 2.28. The van der Waals surface area contributed by atoms with Crippen LogP contribution in [0.1, 0.15) is 12.8 Å². The summed E-state index contributed by atoms with van der Waals surface area (Å²) in [5.74, 6) is 0. The molecule has 14 heavy (non-hydrogen) atoms. The zero-order valence-corrected chi connectivity index (χ0v) is 9.66. The van der Waals surface area contributed by atoms with Crippen molar-refractivity contribution in [1.29, 1.82) is 0 Å². The van der Waals surface area contributed by atoms with Gasteiger partial charge in [-0.25, -0.2) is 0 Å². The van der Waals surface area contributed by atoms with Crippen LogP contribution in [0, 0.1) is 0 Å². The molecule has 1 N–H and O–H groups in total. The summed E-state index contributed by atoms with van der Waals surface area (Å²) in [6, 6.07) is 1.92. The van der Waals surface area contributed by atoms with Gasteiger partial charge in [-0.3, -0.25) is 4.98 Å². The molecule has 0 radical (unpaired) electrons. The third-order valence-electron chi connectivity index (χ3n) is 2.61. The first-order valence-electron chi connectivity index (χ1n) is 4.64. The van der Waals surface area contributed by atoms with E-state index in [1.54, 1.807) is 12.4 Å². The molecule has 0 amide bonds. The zero-order valence-electron chi connectivity index (χ0n) is 8.09. The lowest BCUT2D eigenvalue weighted by molar-refractivity contribution is 0.949. The van der Waals surface area contributed by atoms with E-state index < -0.39 is 0 Å².